The molecule has 0 radical (unpaired) electrons. The lowest BCUT2D eigenvalue weighted by atomic mass is 9.82. The average molecular weight is 477 g/mol. The van der Waals surface area contributed by atoms with Crippen LogP contribution in [-0.2, 0) is 4.74 Å². The first kappa shape index (κ1) is 24.1. The molecule has 2 aliphatic rings. The number of aryl methyl sites for hydroxylation is 1. The summed E-state index contributed by atoms with van der Waals surface area (Å²) in [5, 5.41) is 18.0. The molecule has 1 aliphatic heterocycles. The second kappa shape index (κ2) is 8.95. The van der Waals surface area contributed by atoms with E-state index >= 15 is 0 Å². The van der Waals surface area contributed by atoms with E-state index in [2.05, 4.69) is 27.0 Å². The number of fused-ring (bicyclic) bond motifs is 1. The number of halogens is 3. The topological polar surface area (TPSA) is 101 Å². The van der Waals surface area contributed by atoms with Gasteiger partial charge in [-0.3, -0.25) is 9.79 Å². The molecule has 3 heterocycles. The Morgan fingerprint density at radius 2 is 2.18 bits per heavy atom. The van der Waals surface area contributed by atoms with Crippen molar-refractivity contribution in [1.82, 2.24) is 19.9 Å². The minimum absolute atomic E-state index is 0.110. The predicted octanol–water partition coefficient (Wildman–Crippen LogP) is 3.26. The van der Waals surface area contributed by atoms with Crippen LogP contribution < -0.4 is 5.32 Å². The molecule has 0 bridgehead atoms. The number of alkyl halides is 3. The number of rotatable bonds is 6. The molecular weight excluding hydrogens is 451 g/mol. The Labute approximate surface area is 194 Å². The van der Waals surface area contributed by atoms with Gasteiger partial charge in [-0.1, -0.05) is 12.7 Å². The molecule has 1 saturated heterocycles. The maximum absolute atomic E-state index is 13.4. The molecule has 2 aromatic rings. The van der Waals surface area contributed by atoms with Crippen LogP contribution in [0.2, 0.25) is 0 Å². The van der Waals surface area contributed by atoms with Crippen molar-refractivity contribution < 1.29 is 27.8 Å². The molecule has 2 unspecified atom stereocenters. The van der Waals surface area contributed by atoms with Gasteiger partial charge in [-0.25, -0.2) is 9.50 Å². The third-order valence-electron chi connectivity index (χ3n) is 6.36. The molecule has 1 aliphatic carbocycles. The average Bonchev–Trinajstić information content (AvgIpc) is 3.56. The van der Waals surface area contributed by atoms with E-state index in [4.69, 9.17) is 4.74 Å². The summed E-state index contributed by atoms with van der Waals surface area (Å²) in [6.07, 6.45) is 1.34. The molecular formula is C23H26F3N5O3. The first-order valence-corrected chi connectivity index (χ1v) is 10.9. The monoisotopic (exact) mass is 477 g/mol. The molecule has 8 nitrogen and oxygen atoms in total. The molecule has 0 aromatic carbocycles. The zero-order chi connectivity index (χ0) is 24.7. The molecule has 2 aromatic heterocycles. The number of hydrogen-bond donors (Lipinski definition) is 2. The van der Waals surface area contributed by atoms with E-state index < -0.39 is 29.3 Å². The Morgan fingerprint density at radius 3 is 2.79 bits per heavy atom. The van der Waals surface area contributed by atoms with Gasteiger partial charge in [0.05, 0.1) is 17.9 Å². The Hall–Kier alpha value is -3.05. The molecule has 2 fully saturated rings. The number of carbonyl (C=O) groups excluding carboxylic acids is 1. The lowest BCUT2D eigenvalue weighted by Gasteiger charge is -2.41. The fourth-order valence-electron chi connectivity index (χ4n) is 4.14. The van der Waals surface area contributed by atoms with E-state index in [1.807, 2.05) is 6.20 Å². The second-order valence-corrected chi connectivity index (χ2v) is 8.66. The minimum Gasteiger partial charge on any atom is -0.388 e. The van der Waals surface area contributed by atoms with Gasteiger partial charge in [0.25, 0.3) is 5.91 Å². The fraction of sp³-hybridized carbons (Fsp3) is 0.478. The van der Waals surface area contributed by atoms with Crippen molar-refractivity contribution >= 4 is 17.3 Å². The predicted molar refractivity (Wildman–Crippen MR) is 119 cm³/mol. The minimum atomic E-state index is -4.63. The van der Waals surface area contributed by atoms with Gasteiger partial charge in [-0.2, -0.15) is 18.3 Å². The smallest absolute Gasteiger partial charge is 0.388 e. The number of allylic oxidation sites excluding steroid dienone is 2. The highest BCUT2D eigenvalue weighted by atomic mass is 19.4. The van der Waals surface area contributed by atoms with Gasteiger partial charge in [-0.15, -0.1) is 0 Å². The zero-order valence-corrected chi connectivity index (χ0v) is 18.9. The third-order valence-corrected chi connectivity index (χ3v) is 6.36. The van der Waals surface area contributed by atoms with Crippen LogP contribution in [0.15, 0.2) is 41.8 Å². The number of nitrogens with zero attached hydrogens (tertiary/aromatic N) is 4. The Balaban J connectivity index is 1.70. The van der Waals surface area contributed by atoms with Crippen LogP contribution in [0.25, 0.3) is 5.65 Å². The van der Waals surface area contributed by atoms with Gasteiger partial charge in [-0.05, 0) is 38.2 Å². The number of ether oxygens (including phenoxy) is 1. The zero-order valence-electron chi connectivity index (χ0n) is 18.9. The highest BCUT2D eigenvalue weighted by molar-refractivity contribution is 6.05. The molecule has 2 N–H and O–H groups in total. The molecule has 182 valence electrons. The van der Waals surface area contributed by atoms with Gasteiger partial charge in [0.1, 0.15) is 17.2 Å². The Morgan fingerprint density at radius 1 is 1.44 bits per heavy atom. The second-order valence-electron chi connectivity index (χ2n) is 8.66. The van der Waals surface area contributed by atoms with Crippen LogP contribution >= 0.6 is 0 Å². The van der Waals surface area contributed by atoms with Gasteiger partial charge >= 0.3 is 6.18 Å². The lowest BCUT2D eigenvalue weighted by Crippen LogP contribution is -2.65. The molecule has 1 saturated carbocycles. The van der Waals surface area contributed by atoms with Crippen LogP contribution in [0, 0.1) is 6.92 Å². The van der Waals surface area contributed by atoms with E-state index in [1.54, 1.807) is 17.6 Å². The standard InChI is InChI=1S/C23H26F3N5O3/c1-4-17(23(24,25)26)10-27-14(3)22(7-8-34-12-18(22)32)29-21(33)19-13(2)30-31-11-16(15-5-6-15)9-28-20(19)31/h4,9-11,15,18,32H,1,5-8,12H2,2-3H3,(H,29,33)/b17-10+,27-14?. The molecule has 34 heavy (non-hydrogen) atoms. The summed E-state index contributed by atoms with van der Waals surface area (Å²) < 4.78 is 46.1. The summed E-state index contributed by atoms with van der Waals surface area (Å²) in [4.78, 5) is 21.8. The summed E-state index contributed by atoms with van der Waals surface area (Å²) in [6, 6.07) is 0. The molecule has 0 spiro atoms. The van der Waals surface area contributed by atoms with Crippen molar-refractivity contribution in [3.8, 4) is 0 Å². The number of aliphatic imine (C=N–C) groups is 1. The van der Waals surface area contributed by atoms with Crippen molar-refractivity contribution in [1.29, 1.82) is 0 Å². The number of amides is 1. The van der Waals surface area contributed by atoms with Crippen LogP contribution in [0.5, 0.6) is 0 Å². The molecule has 1 amide bonds. The fourth-order valence-corrected chi connectivity index (χ4v) is 4.14. The van der Waals surface area contributed by atoms with Crippen LogP contribution in [0.4, 0.5) is 13.2 Å². The number of aliphatic hydroxyl groups excluding tert-OH is 1. The van der Waals surface area contributed by atoms with Crippen molar-refractivity contribution in [2.75, 3.05) is 13.2 Å². The highest BCUT2D eigenvalue weighted by Gasteiger charge is 2.45. The summed E-state index contributed by atoms with van der Waals surface area (Å²) >= 11 is 0. The number of aliphatic hydroxyl groups is 1. The number of nitrogens with one attached hydrogen (secondary N) is 1. The largest absolute Gasteiger partial charge is 0.417 e. The Bertz CT molecular complexity index is 1180. The van der Waals surface area contributed by atoms with E-state index in [0.717, 1.165) is 18.4 Å². The van der Waals surface area contributed by atoms with Crippen LogP contribution in [-0.4, -0.2) is 62.4 Å². The quantitative estimate of drug-likeness (QED) is 0.491. The summed E-state index contributed by atoms with van der Waals surface area (Å²) in [5.41, 5.74) is -0.283. The summed E-state index contributed by atoms with van der Waals surface area (Å²) in [5.74, 6) is -0.0955. The van der Waals surface area contributed by atoms with Gasteiger partial charge in [0, 0.05) is 37.3 Å². The number of aromatic nitrogens is 3. The normalized spacial score (nSPS) is 24.4. The number of carbonyl (C=O) groups is 1. The molecule has 4 rings (SSSR count). The van der Waals surface area contributed by atoms with E-state index in [1.165, 1.54) is 6.92 Å². The molecule has 11 heteroatoms. The van der Waals surface area contributed by atoms with Crippen molar-refractivity contribution in [2.24, 2.45) is 4.99 Å². The van der Waals surface area contributed by atoms with E-state index in [9.17, 15) is 23.1 Å². The van der Waals surface area contributed by atoms with E-state index in [0.29, 0.717) is 29.5 Å². The van der Waals surface area contributed by atoms with Gasteiger partial charge in [0.15, 0.2) is 5.65 Å². The third kappa shape index (κ3) is 4.49. The first-order valence-electron chi connectivity index (χ1n) is 10.9. The summed E-state index contributed by atoms with van der Waals surface area (Å²) in [6.45, 7) is 6.39. The SMILES string of the molecule is C=C/C(=C\N=C(C)C1(NC(=O)c2c(C)nn3cc(C4CC4)cnc23)CCOCC1O)C(F)(F)F. The maximum atomic E-state index is 13.4. The van der Waals surface area contributed by atoms with Crippen LogP contribution in [0.3, 0.4) is 0 Å². The maximum Gasteiger partial charge on any atom is 0.417 e. The number of hydrogen-bond acceptors (Lipinski definition) is 6. The van der Waals surface area contributed by atoms with E-state index in [-0.39, 0.29) is 30.9 Å². The highest BCUT2D eigenvalue weighted by Crippen LogP contribution is 2.39. The van der Waals surface area contributed by atoms with Crippen molar-refractivity contribution in [3.05, 3.63) is 53.6 Å². The molecule has 2 atom stereocenters. The van der Waals surface area contributed by atoms with Crippen molar-refractivity contribution in [2.45, 2.75) is 56.8 Å². The van der Waals surface area contributed by atoms with Crippen LogP contribution in [0.1, 0.15) is 53.7 Å². The van der Waals surface area contributed by atoms with Crippen molar-refractivity contribution in [3.63, 3.8) is 0 Å². The summed E-state index contributed by atoms with van der Waals surface area (Å²) in [7, 11) is 0. The van der Waals surface area contributed by atoms with Gasteiger partial charge in [0.2, 0.25) is 0 Å². The Kier molecular flexibility index (Phi) is 6.34. The lowest BCUT2D eigenvalue weighted by molar-refractivity contribution is -0.0883. The first-order chi connectivity index (χ1) is 16.1. The van der Waals surface area contributed by atoms with Gasteiger partial charge < -0.3 is 15.2 Å².